The Morgan fingerprint density at radius 3 is 1.12 bits per heavy atom. The number of aryl methyl sites for hydroxylation is 2. The Morgan fingerprint density at radius 2 is 0.808 bits per heavy atom. The van der Waals surface area contributed by atoms with Crippen molar-refractivity contribution < 1.29 is 0 Å². The lowest BCUT2D eigenvalue weighted by molar-refractivity contribution is 0.626. The number of benzene rings is 3. The minimum atomic E-state index is -0.00196. The zero-order chi connectivity index (χ0) is 18.9. The first kappa shape index (κ1) is 18.5. The summed E-state index contributed by atoms with van der Waals surface area (Å²) < 4.78 is 0. The van der Waals surface area contributed by atoms with Crippen LogP contribution >= 0.6 is 0 Å². The van der Waals surface area contributed by atoms with Gasteiger partial charge in [-0.3, -0.25) is 0 Å². The van der Waals surface area contributed by atoms with E-state index in [0.29, 0.717) is 0 Å². The van der Waals surface area contributed by atoms with Crippen LogP contribution in [0.3, 0.4) is 0 Å². The van der Waals surface area contributed by atoms with Gasteiger partial charge in [0.2, 0.25) is 0 Å². The van der Waals surface area contributed by atoms with Gasteiger partial charge in [-0.15, -0.1) is 0 Å². The number of rotatable bonds is 4. The summed E-state index contributed by atoms with van der Waals surface area (Å²) >= 11 is 0. The minimum absolute atomic E-state index is 0.00196. The quantitative estimate of drug-likeness (QED) is 0.481. The van der Waals surface area contributed by atoms with Crippen LogP contribution in [-0.2, 0) is 10.8 Å². The lowest BCUT2D eigenvalue weighted by atomic mass is 9.74. The predicted octanol–water partition coefficient (Wildman–Crippen LogP) is 6.96. The fraction of sp³-hybridized carbons (Fsp3) is 0.308. The fourth-order valence-electron chi connectivity index (χ4n) is 3.70. The Kier molecular flexibility index (Phi) is 4.80. The van der Waals surface area contributed by atoms with Gasteiger partial charge in [0.25, 0.3) is 0 Å². The molecule has 0 saturated carbocycles. The van der Waals surface area contributed by atoms with Crippen LogP contribution in [0.2, 0.25) is 0 Å². The highest BCUT2D eigenvalue weighted by Crippen LogP contribution is 2.36. The van der Waals surface area contributed by atoms with Crippen LogP contribution in [0, 0.1) is 13.8 Å². The third kappa shape index (κ3) is 3.46. The van der Waals surface area contributed by atoms with Gasteiger partial charge in [-0.2, -0.15) is 0 Å². The first-order chi connectivity index (χ1) is 12.2. The van der Waals surface area contributed by atoms with Crippen LogP contribution in [0.25, 0.3) is 0 Å². The molecule has 0 fully saturated rings. The molecular formula is C26H30. The molecule has 0 amide bonds. The summed E-state index contributed by atoms with van der Waals surface area (Å²) in [5, 5.41) is 0. The standard InChI is InChI=1S/C26H30/c1-19-9-7-11-23(17-19)25(3,4)21-13-15-22(16-14-21)26(5,6)24-12-8-10-20(2)18-24/h7-18H,1-6H3. The highest BCUT2D eigenvalue weighted by molar-refractivity contribution is 5.44. The van der Waals surface area contributed by atoms with Gasteiger partial charge in [0.15, 0.2) is 0 Å². The molecule has 0 atom stereocenters. The van der Waals surface area contributed by atoms with E-state index >= 15 is 0 Å². The van der Waals surface area contributed by atoms with E-state index in [9.17, 15) is 0 Å². The molecule has 26 heavy (non-hydrogen) atoms. The summed E-state index contributed by atoms with van der Waals surface area (Å²) in [7, 11) is 0. The fourth-order valence-corrected chi connectivity index (χ4v) is 3.70. The van der Waals surface area contributed by atoms with Crippen molar-refractivity contribution >= 4 is 0 Å². The Morgan fingerprint density at radius 1 is 0.462 bits per heavy atom. The molecule has 134 valence electrons. The monoisotopic (exact) mass is 342 g/mol. The van der Waals surface area contributed by atoms with Crippen molar-refractivity contribution in [1.82, 2.24) is 0 Å². The van der Waals surface area contributed by atoms with Crippen LogP contribution in [0.5, 0.6) is 0 Å². The van der Waals surface area contributed by atoms with Crippen LogP contribution < -0.4 is 0 Å². The molecule has 3 rings (SSSR count). The van der Waals surface area contributed by atoms with E-state index in [0.717, 1.165) is 0 Å². The molecule has 0 aliphatic heterocycles. The molecule has 0 unspecified atom stereocenters. The number of hydrogen-bond acceptors (Lipinski definition) is 0. The second kappa shape index (κ2) is 6.76. The van der Waals surface area contributed by atoms with E-state index < -0.39 is 0 Å². The molecule has 0 spiro atoms. The van der Waals surface area contributed by atoms with Gasteiger partial charge >= 0.3 is 0 Å². The highest BCUT2D eigenvalue weighted by atomic mass is 14.3. The van der Waals surface area contributed by atoms with E-state index in [-0.39, 0.29) is 10.8 Å². The summed E-state index contributed by atoms with van der Waals surface area (Å²) in [6, 6.07) is 26.9. The van der Waals surface area contributed by atoms with E-state index in [1.54, 1.807) is 0 Å². The number of hydrogen-bond donors (Lipinski definition) is 0. The third-order valence-corrected chi connectivity index (χ3v) is 5.81. The Hall–Kier alpha value is -2.34. The average Bonchev–Trinajstić information content (AvgIpc) is 2.62. The van der Waals surface area contributed by atoms with E-state index in [1.807, 2.05) is 0 Å². The molecule has 0 nitrogen and oxygen atoms in total. The van der Waals surface area contributed by atoms with Gasteiger partial charge in [-0.1, -0.05) is 112 Å². The lowest BCUT2D eigenvalue weighted by Crippen LogP contribution is -2.21. The summed E-state index contributed by atoms with van der Waals surface area (Å²) in [6.07, 6.45) is 0. The molecular weight excluding hydrogens is 312 g/mol. The molecule has 0 bridgehead atoms. The third-order valence-electron chi connectivity index (χ3n) is 5.81. The Labute approximate surface area is 158 Å². The summed E-state index contributed by atoms with van der Waals surface area (Å²) in [4.78, 5) is 0. The van der Waals surface area contributed by atoms with Crippen LogP contribution in [0.15, 0.2) is 72.8 Å². The van der Waals surface area contributed by atoms with Crippen molar-refractivity contribution in [2.75, 3.05) is 0 Å². The van der Waals surface area contributed by atoms with Gasteiger partial charge in [-0.05, 0) is 36.1 Å². The topological polar surface area (TPSA) is 0 Å². The predicted molar refractivity (Wildman–Crippen MR) is 113 cm³/mol. The molecule has 0 aromatic heterocycles. The van der Waals surface area contributed by atoms with Gasteiger partial charge in [-0.25, -0.2) is 0 Å². The van der Waals surface area contributed by atoms with Crippen molar-refractivity contribution in [2.24, 2.45) is 0 Å². The second-order valence-electron chi connectivity index (χ2n) is 8.57. The minimum Gasteiger partial charge on any atom is -0.0617 e. The maximum Gasteiger partial charge on any atom is 0.0146 e. The Bertz CT molecular complexity index is 819. The molecule has 0 aliphatic rings. The first-order valence-electron chi connectivity index (χ1n) is 9.46. The van der Waals surface area contributed by atoms with Crippen LogP contribution in [0.1, 0.15) is 61.1 Å². The highest BCUT2D eigenvalue weighted by Gasteiger charge is 2.26. The zero-order valence-corrected chi connectivity index (χ0v) is 16.9. The van der Waals surface area contributed by atoms with Crippen molar-refractivity contribution in [3.05, 3.63) is 106 Å². The van der Waals surface area contributed by atoms with Gasteiger partial charge in [0.05, 0.1) is 0 Å². The summed E-state index contributed by atoms with van der Waals surface area (Å²) in [6.45, 7) is 13.6. The van der Waals surface area contributed by atoms with Gasteiger partial charge < -0.3 is 0 Å². The first-order valence-corrected chi connectivity index (χ1v) is 9.46. The largest absolute Gasteiger partial charge is 0.0617 e. The SMILES string of the molecule is Cc1cccc(C(C)(C)c2ccc(C(C)(C)c3cccc(C)c3)cc2)c1. The molecule has 0 heterocycles. The molecule has 0 saturated heterocycles. The smallest absolute Gasteiger partial charge is 0.0146 e. The van der Waals surface area contributed by atoms with E-state index in [1.165, 1.54) is 33.4 Å². The summed E-state index contributed by atoms with van der Waals surface area (Å²) in [5.74, 6) is 0. The molecule has 0 N–H and O–H groups in total. The molecule has 3 aromatic carbocycles. The Balaban J connectivity index is 1.95. The maximum absolute atomic E-state index is 2.31. The molecule has 0 radical (unpaired) electrons. The van der Waals surface area contributed by atoms with Crippen molar-refractivity contribution in [3.8, 4) is 0 Å². The normalized spacial score (nSPS) is 12.2. The van der Waals surface area contributed by atoms with Crippen molar-refractivity contribution in [3.63, 3.8) is 0 Å². The average molecular weight is 343 g/mol. The zero-order valence-electron chi connectivity index (χ0n) is 16.9. The molecule has 0 heteroatoms. The van der Waals surface area contributed by atoms with E-state index in [4.69, 9.17) is 0 Å². The van der Waals surface area contributed by atoms with Gasteiger partial charge in [0.1, 0.15) is 0 Å². The second-order valence-corrected chi connectivity index (χ2v) is 8.57. The van der Waals surface area contributed by atoms with Crippen molar-refractivity contribution in [1.29, 1.82) is 0 Å². The lowest BCUT2D eigenvalue weighted by Gasteiger charge is -2.30. The van der Waals surface area contributed by atoms with Gasteiger partial charge in [0, 0.05) is 10.8 Å². The maximum atomic E-state index is 2.31. The summed E-state index contributed by atoms with van der Waals surface area (Å²) in [5.41, 5.74) is 8.06. The van der Waals surface area contributed by atoms with E-state index in [2.05, 4.69) is 114 Å². The van der Waals surface area contributed by atoms with Crippen molar-refractivity contribution in [2.45, 2.75) is 52.4 Å². The van der Waals surface area contributed by atoms with Crippen LogP contribution in [0.4, 0.5) is 0 Å². The molecule has 3 aromatic rings. The molecule has 0 aliphatic carbocycles. The van der Waals surface area contributed by atoms with Crippen LogP contribution in [-0.4, -0.2) is 0 Å².